The zero-order valence-corrected chi connectivity index (χ0v) is 10.4. The first-order chi connectivity index (χ1) is 8.18. The summed E-state index contributed by atoms with van der Waals surface area (Å²) in [5, 5.41) is 3.39. The standard InChI is InChI=1S/C13H19N3O/c1-10-5-3-8-15-12(10)13(17)16(2)9-11-6-4-7-14-11/h3,5,8,11,14H,4,6-7,9H2,1-2H3. The van der Waals surface area contributed by atoms with E-state index in [0.717, 1.165) is 25.1 Å². The van der Waals surface area contributed by atoms with Gasteiger partial charge in [-0.15, -0.1) is 0 Å². The average molecular weight is 233 g/mol. The fourth-order valence-electron chi connectivity index (χ4n) is 2.22. The normalized spacial score (nSPS) is 19.3. The molecule has 0 spiro atoms. The first-order valence-electron chi connectivity index (χ1n) is 6.09. The molecule has 4 nitrogen and oxygen atoms in total. The fraction of sp³-hybridized carbons (Fsp3) is 0.538. The minimum absolute atomic E-state index is 0.0109. The number of hydrogen-bond acceptors (Lipinski definition) is 3. The molecule has 1 atom stereocenters. The number of rotatable bonds is 3. The Morgan fingerprint density at radius 3 is 3.12 bits per heavy atom. The average Bonchev–Trinajstić information content (AvgIpc) is 2.81. The molecule has 2 rings (SSSR count). The predicted molar refractivity (Wildman–Crippen MR) is 67.0 cm³/mol. The minimum Gasteiger partial charge on any atom is -0.339 e. The van der Waals surface area contributed by atoms with Gasteiger partial charge in [-0.05, 0) is 37.9 Å². The summed E-state index contributed by atoms with van der Waals surface area (Å²) in [6.45, 7) is 3.74. The van der Waals surface area contributed by atoms with Gasteiger partial charge < -0.3 is 10.2 Å². The number of carbonyl (C=O) groups is 1. The smallest absolute Gasteiger partial charge is 0.272 e. The highest BCUT2D eigenvalue weighted by Gasteiger charge is 2.21. The van der Waals surface area contributed by atoms with E-state index in [1.807, 2.05) is 26.1 Å². The second kappa shape index (κ2) is 5.27. The van der Waals surface area contributed by atoms with Crippen LogP contribution in [0.5, 0.6) is 0 Å². The van der Waals surface area contributed by atoms with E-state index < -0.39 is 0 Å². The molecule has 0 aliphatic carbocycles. The van der Waals surface area contributed by atoms with Crippen LogP contribution in [0.25, 0.3) is 0 Å². The van der Waals surface area contributed by atoms with Crippen molar-refractivity contribution in [1.82, 2.24) is 15.2 Å². The predicted octanol–water partition coefficient (Wildman–Crippen LogP) is 1.21. The summed E-state index contributed by atoms with van der Waals surface area (Å²) in [5.74, 6) is 0.0109. The molecule has 4 heteroatoms. The van der Waals surface area contributed by atoms with Gasteiger partial charge in [0.15, 0.2) is 0 Å². The number of aromatic nitrogens is 1. The second-order valence-corrected chi connectivity index (χ2v) is 4.65. The van der Waals surface area contributed by atoms with Crippen LogP contribution >= 0.6 is 0 Å². The molecular weight excluding hydrogens is 214 g/mol. The van der Waals surface area contributed by atoms with Crippen LogP contribution in [0.15, 0.2) is 18.3 Å². The number of likely N-dealkylation sites (N-methyl/N-ethyl adjacent to an activating group) is 1. The summed E-state index contributed by atoms with van der Waals surface area (Å²) >= 11 is 0. The molecule has 0 bridgehead atoms. The van der Waals surface area contributed by atoms with Crippen LogP contribution in [0.3, 0.4) is 0 Å². The van der Waals surface area contributed by atoms with E-state index in [2.05, 4.69) is 10.3 Å². The van der Waals surface area contributed by atoms with Gasteiger partial charge in [-0.3, -0.25) is 9.78 Å². The number of hydrogen-bond donors (Lipinski definition) is 1. The molecule has 1 aromatic heterocycles. The Morgan fingerprint density at radius 2 is 2.47 bits per heavy atom. The molecule has 1 N–H and O–H groups in total. The van der Waals surface area contributed by atoms with Crippen molar-refractivity contribution < 1.29 is 4.79 Å². The highest BCUT2D eigenvalue weighted by molar-refractivity contribution is 5.93. The molecule has 17 heavy (non-hydrogen) atoms. The maximum Gasteiger partial charge on any atom is 0.272 e. The second-order valence-electron chi connectivity index (χ2n) is 4.65. The first-order valence-corrected chi connectivity index (χ1v) is 6.09. The molecule has 2 heterocycles. The Kier molecular flexibility index (Phi) is 3.74. The quantitative estimate of drug-likeness (QED) is 0.853. The number of carbonyl (C=O) groups excluding carboxylic acids is 1. The summed E-state index contributed by atoms with van der Waals surface area (Å²) in [7, 11) is 1.84. The van der Waals surface area contributed by atoms with E-state index in [1.165, 1.54) is 6.42 Å². The summed E-state index contributed by atoms with van der Waals surface area (Å²) in [4.78, 5) is 18.1. The van der Waals surface area contributed by atoms with E-state index in [0.29, 0.717) is 11.7 Å². The highest BCUT2D eigenvalue weighted by atomic mass is 16.2. The van der Waals surface area contributed by atoms with Crippen molar-refractivity contribution in [3.63, 3.8) is 0 Å². The van der Waals surface area contributed by atoms with Crippen molar-refractivity contribution in [3.8, 4) is 0 Å². The van der Waals surface area contributed by atoms with Gasteiger partial charge in [0.2, 0.25) is 0 Å². The third-order valence-electron chi connectivity index (χ3n) is 3.22. The van der Waals surface area contributed by atoms with Crippen molar-refractivity contribution in [2.75, 3.05) is 20.1 Å². The highest BCUT2D eigenvalue weighted by Crippen LogP contribution is 2.10. The van der Waals surface area contributed by atoms with E-state index in [1.54, 1.807) is 11.1 Å². The van der Waals surface area contributed by atoms with Gasteiger partial charge in [0.05, 0.1) is 0 Å². The molecule has 1 aliphatic rings. The van der Waals surface area contributed by atoms with E-state index >= 15 is 0 Å². The summed E-state index contributed by atoms with van der Waals surface area (Å²) in [5.41, 5.74) is 1.50. The van der Waals surface area contributed by atoms with Crippen LogP contribution in [-0.2, 0) is 0 Å². The summed E-state index contributed by atoms with van der Waals surface area (Å²) in [6.07, 6.45) is 4.02. The Labute approximate surface area is 102 Å². The molecule has 1 fully saturated rings. The van der Waals surface area contributed by atoms with E-state index in [4.69, 9.17) is 0 Å². The van der Waals surface area contributed by atoms with Gasteiger partial charge >= 0.3 is 0 Å². The van der Waals surface area contributed by atoms with Gasteiger partial charge in [0.1, 0.15) is 5.69 Å². The van der Waals surface area contributed by atoms with Crippen LogP contribution in [-0.4, -0.2) is 42.0 Å². The maximum absolute atomic E-state index is 12.2. The van der Waals surface area contributed by atoms with E-state index in [9.17, 15) is 4.79 Å². The van der Waals surface area contributed by atoms with Crippen LogP contribution in [0.1, 0.15) is 28.9 Å². The fourth-order valence-corrected chi connectivity index (χ4v) is 2.22. The molecular formula is C13H19N3O. The lowest BCUT2D eigenvalue weighted by molar-refractivity contribution is 0.0777. The Morgan fingerprint density at radius 1 is 1.65 bits per heavy atom. The topological polar surface area (TPSA) is 45.2 Å². The van der Waals surface area contributed by atoms with Gasteiger partial charge in [-0.1, -0.05) is 6.07 Å². The zero-order chi connectivity index (χ0) is 12.3. The van der Waals surface area contributed by atoms with Crippen molar-refractivity contribution in [1.29, 1.82) is 0 Å². The molecule has 0 saturated carbocycles. The molecule has 0 radical (unpaired) electrons. The number of nitrogens with one attached hydrogen (secondary N) is 1. The lowest BCUT2D eigenvalue weighted by Crippen LogP contribution is -2.39. The largest absolute Gasteiger partial charge is 0.339 e. The Hall–Kier alpha value is -1.42. The van der Waals surface area contributed by atoms with Gasteiger partial charge in [-0.2, -0.15) is 0 Å². The molecule has 1 aliphatic heterocycles. The number of amides is 1. The third-order valence-corrected chi connectivity index (χ3v) is 3.22. The zero-order valence-electron chi connectivity index (χ0n) is 10.4. The Balaban J connectivity index is 2.01. The third kappa shape index (κ3) is 2.82. The molecule has 0 aromatic carbocycles. The van der Waals surface area contributed by atoms with Crippen molar-refractivity contribution in [2.45, 2.75) is 25.8 Å². The van der Waals surface area contributed by atoms with Gasteiger partial charge in [-0.25, -0.2) is 0 Å². The molecule has 1 unspecified atom stereocenters. The van der Waals surface area contributed by atoms with Crippen LogP contribution in [0, 0.1) is 6.92 Å². The monoisotopic (exact) mass is 233 g/mol. The molecule has 1 saturated heterocycles. The maximum atomic E-state index is 12.2. The molecule has 1 amide bonds. The van der Waals surface area contributed by atoms with Crippen molar-refractivity contribution >= 4 is 5.91 Å². The van der Waals surface area contributed by atoms with Crippen LogP contribution in [0.4, 0.5) is 0 Å². The number of pyridine rings is 1. The molecule has 92 valence electrons. The van der Waals surface area contributed by atoms with E-state index in [-0.39, 0.29) is 5.91 Å². The summed E-state index contributed by atoms with van der Waals surface area (Å²) in [6, 6.07) is 4.21. The Bertz CT molecular complexity index is 399. The first kappa shape index (κ1) is 12.0. The number of aryl methyl sites for hydroxylation is 1. The van der Waals surface area contributed by atoms with Crippen molar-refractivity contribution in [3.05, 3.63) is 29.6 Å². The SMILES string of the molecule is Cc1cccnc1C(=O)N(C)CC1CCCN1. The van der Waals surface area contributed by atoms with Gasteiger partial charge in [0, 0.05) is 25.8 Å². The van der Waals surface area contributed by atoms with Crippen molar-refractivity contribution in [2.24, 2.45) is 0 Å². The number of nitrogens with zero attached hydrogens (tertiary/aromatic N) is 2. The minimum atomic E-state index is 0.0109. The summed E-state index contributed by atoms with van der Waals surface area (Å²) < 4.78 is 0. The van der Waals surface area contributed by atoms with Crippen LogP contribution in [0.2, 0.25) is 0 Å². The van der Waals surface area contributed by atoms with Gasteiger partial charge in [0.25, 0.3) is 5.91 Å². The molecule has 1 aromatic rings. The lowest BCUT2D eigenvalue weighted by atomic mass is 10.2. The lowest BCUT2D eigenvalue weighted by Gasteiger charge is -2.21. The van der Waals surface area contributed by atoms with Crippen LogP contribution < -0.4 is 5.32 Å².